The number of carbonyl (C=O) groups excluding carboxylic acids is 3. The minimum atomic E-state index is -1.15. The number of pyridine rings is 1. The molecule has 4 N–H and O–H groups in total. The molecule has 4 aliphatic rings. The number of ether oxygens (including phenoxy) is 1. The molecule has 2 fully saturated rings. The van der Waals surface area contributed by atoms with Crippen molar-refractivity contribution in [2.45, 2.75) is 76.7 Å². The Hall–Kier alpha value is -5.76. The Balaban J connectivity index is 1.03. The van der Waals surface area contributed by atoms with Crippen LogP contribution in [0.1, 0.15) is 95.0 Å². The number of carbonyl (C=O) groups is 3. The van der Waals surface area contributed by atoms with Crippen molar-refractivity contribution < 1.29 is 33.0 Å². The number of aromatic nitrogens is 3. The molecule has 2 bridgehead atoms. The number of aliphatic hydroxyl groups excluding tert-OH is 1. The molecule has 55 heavy (non-hydrogen) atoms. The summed E-state index contributed by atoms with van der Waals surface area (Å²) >= 11 is 0. The van der Waals surface area contributed by atoms with Gasteiger partial charge in [0.25, 0.3) is 5.91 Å². The van der Waals surface area contributed by atoms with Crippen LogP contribution >= 0.6 is 0 Å². The first-order valence-corrected chi connectivity index (χ1v) is 18.2. The van der Waals surface area contributed by atoms with Gasteiger partial charge in [-0.3, -0.25) is 34.2 Å². The molecule has 2 saturated heterocycles. The van der Waals surface area contributed by atoms with Gasteiger partial charge in [-0.05, 0) is 57.5 Å². The summed E-state index contributed by atoms with van der Waals surface area (Å²) in [6.07, 6.45) is 1.22. The van der Waals surface area contributed by atoms with E-state index in [1.54, 1.807) is 47.9 Å². The molecule has 284 valence electrons. The number of nitriles is 1. The highest BCUT2D eigenvalue weighted by atomic mass is 19.1. The number of nitrogens with zero attached hydrogens (tertiary/aromatic N) is 7. The third-order valence-electron chi connectivity index (χ3n) is 11.2. The molecule has 0 saturated carbocycles. The number of aliphatic hydroxyl groups is 1. The van der Waals surface area contributed by atoms with Crippen molar-refractivity contribution in [1.29, 1.82) is 5.26 Å². The zero-order chi connectivity index (χ0) is 38.7. The van der Waals surface area contributed by atoms with Crippen LogP contribution in [0.5, 0.6) is 5.75 Å². The molecule has 3 atom stereocenters. The number of nitrogens with two attached hydrogens (primary N) is 1. The minimum Gasteiger partial charge on any atom is -0.482 e. The van der Waals surface area contributed by atoms with Crippen LogP contribution in [-0.2, 0) is 29.2 Å². The molecule has 0 aliphatic carbocycles. The van der Waals surface area contributed by atoms with Gasteiger partial charge in [-0.15, -0.1) is 0 Å². The van der Waals surface area contributed by atoms with Crippen LogP contribution in [-0.4, -0.2) is 78.5 Å². The van der Waals surface area contributed by atoms with E-state index in [1.165, 1.54) is 23.1 Å². The number of imide groups is 1. The topological polar surface area (TPSA) is 183 Å². The highest BCUT2D eigenvalue weighted by Crippen LogP contribution is 2.39. The van der Waals surface area contributed by atoms with Gasteiger partial charge in [0.2, 0.25) is 11.8 Å². The average Bonchev–Trinajstić information content (AvgIpc) is 3.70. The molecule has 2 unspecified atom stereocenters. The van der Waals surface area contributed by atoms with Crippen molar-refractivity contribution in [3.63, 3.8) is 0 Å². The molecule has 0 radical (unpaired) electrons. The van der Waals surface area contributed by atoms with Crippen molar-refractivity contribution in [2.75, 3.05) is 25.9 Å². The lowest BCUT2D eigenvalue weighted by Crippen LogP contribution is -2.52. The molecular formula is C39H39F2N9O5. The summed E-state index contributed by atoms with van der Waals surface area (Å²) < 4.78 is 38.3. The van der Waals surface area contributed by atoms with E-state index >= 15 is 4.39 Å². The van der Waals surface area contributed by atoms with Crippen LogP contribution in [0.4, 0.5) is 14.6 Å². The van der Waals surface area contributed by atoms with Crippen molar-refractivity contribution in [3.8, 4) is 22.9 Å². The molecule has 6 heterocycles. The Morgan fingerprint density at radius 3 is 2.60 bits per heavy atom. The molecule has 2 aromatic carbocycles. The number of piperidine rings is 2. The number of halogens is 2. The van der Waals surface area contributed by atoms with Gasteiger partial charge in [0.1, 0.15) is 41.8 Å². The summed E-state index contributed by atoms with van der Waals surface area (Å²) in [5.41, 5.74) is 9.95. The molecule has 0 spiro atoms. The van der Waals surface area contributed by atoms with Gasteiger partial charge in [0, 0.05) is 77.7 Å². The number of rotatable bonds is 4. The summed E-state index contributed by atoms with van der Waals surface area (Å²) in [5.74, 6) is -1.96. The van der Waals surface area contributed by atoms with E-state index in [1.807, 2.05) is 0 Å². The molecule has 4 aromatic rings. The van der Waals surface area contributed by atoms with E-state index in [2.05, 4.69) is 21.3 Å². The fourth-order valence-corrected chi connectivity index (χ4v) is 8.24. The Labute approximate surface area is 315 Å². The predicted octanol–water partition coefficient (Wildman–Crippen LogP) is 3.85. The smallest absolute Gasteiger partial charge is 0.255 e. The first-order chi connectivity index (χ1) is 26.4. The monoisotopic (exact) mass is 751 g/mol. The van der Waals surface area contributed by atoms with E-state index in [4.69, 9.17) is 15.6 Å². The summed E-state index contributed by atoms with van der Waals surface area (Å²) in [4.78, 5) is 46.7. The van der Waals surface area contributed by atoms with Crippen LogP contribution in [0.15, 0.2) is 42.6 Å². The van der Waals surface area contributed by atoms with Crippen LogP contribution in [0, 0.1) is 23.0 Å². The maximum absolute atomic E-state index is 16.0. The third-order valence-corrected chi connectivity index (χ3v) is 11.2. The Morgan fingerprint density at radius 2 is 1.85 bits per heavy atom. The van der Waals surface area contributed by atoms with E-state index < -0.39 is 41.8 Å². The maximum Gasteiger partial charge on any atom is 0.255 e. The predicted molar refractivity (Wildman–Crippen MR) is 192 cm³/mol. The van der Waals surface area contributed by atoms with Crippen molar-refractivity contribution in [3.05, 3.63) is 93.4 Å². The second-order valence-corrected chi connectivity index (χ2v) is 14.6. The normalized spacial score (nSPS) is 22.1. The number of hydrogen-bond acceptors (Lipinski definition) is 11. The molecular weight excluding hydrogens is 712 g/mol. The number of benzene rings is 2. The van der Waals surface area contributed by atoms with Crippen molar-refractivity contribution in [1.82, 2.24) is 34.8 Å². The Morgan fingerprint density at radius 1 is 1.07 bits per heavy atom. The maximum atomic E-state index is 16.0. The minimum absolute atomic E-state index is 0.0451. The van der Waals surface area contributed by atoms with Gasteiger partial charge >= 0.3 is 0 Å². The molecule has 2 aromatic heterocycles. The SMILES string of the molecule is C[C@H]1Oc2cc(cnc2N)-c2c(nn(C3CCN(Cc4ccc5c(c4F)CN(C4CCC(=O)NC4=O)C5=O)CC3)c2C#N)CN(C)C(O)c2ccc(F)cc21. The van der Waals surface area contributed by atoms with E-state index in [-0.39, 0.29) is 60.6 Å². The van der Waals surface area contributed by atoms with E-state index in [9.17, 15) is 29.1 Å². The second-order valence-electron chi connectivity index (χ2n) is 14.6. The number of fused-ring (bicyclic) bond motifs is 6. The largest absolute Gasteiger partial charge is 0.482 e. The van der Waals surface area contributed by atoms with Crippen LogP contribution < -0.4 is 15.8 Å². The highest BCUT2D eigenvalue weighted by Gasteiger charge is 2.41. The van der Waals surface area contributed by atoms with Gasteiger partial charge in [-0.2, -0.15) is 10.4 Å². The third kappa shape index (κ3) is 6.47. The Bertz CT molecular complexity index is 2280. The zero-order valence-electron chi connectivity index (χ0n) is 30.3. The quantitative estimate of drug-likeness (QED) is 0.258. The Kier molecular flexibility index (Phi) is 9.32. The van der Waals surface area contributed by atoms with Gasteiger partial charge in [-0.25, -0.2) is 13.8 Å². The lowest BCUT2D eigenvalue weighted by Gasteiger charge is -2.32. The number of likely N-dealkylation sites (tertiary alicyclic amines) is 1. The van der Waals surface area contributed by atoms with Gasteiger partial charge in [0.05, 0.1) is 18.3 Å². The fraction of sp³-hybridized carbons (Fsp3) is 0.385. The van der Waals surface area contributed by atoms with E-state index in [0.717, 1.165) is 0 Å². The zero-order valence-corrected chi connectivity index (χ0v) is 30.3. The highest BCUT2D eigenvalue weighted by molar-refractivity contribution is 6.05. The molecule has 16 heteroatoms. The second kappa shape index (κ2) is 14.1. The number of nitrogen functional groups attached to an aromatic ring is 1. The summed E-state index contributed by atoms with van der Waals surface area (Å²) in [6.45, 7) is 3.27. The number of nitrogens with one attached hydrogen (secondary N) is 1. The van der Waals surface area contributed by atoms with Gasteiger partial charge in [-0.1, -0.05) is 12.1 Å². The molecule has 4 aliphatic heterocycles. The number of hydrogen-bond donors (Lipinski definition) is 3. The van der Waals surface area contributed by atoms with E-state index in [0.29, 0.717) is 71.7 Å². The number of anilines is 1. The van der Waals surface area contributed by atoms with Gasteiger partial charge in [0.15, 0.2) is 11.6 Å². The van der Waals surface area contributed by atoms with Crippen LogP contribution in [0.2, 0.25) is 0 Å². The van der Waals surface area contributed by atoms with Crippen LogP contribution in [0.25, 0.3) is 11.1 Å². The molecule has 8 rings (SSSR count). The average molecular weight is 752 g/mol. The van der Waals surface area contributed by atoms with Crippen molar-refractivity contribution >= 4 is 23.5 Å². The lowest BCUT2D eigenvalue weighted by molar-refractivity contribution is -0.136. The fourth-order valence-electron chi connectivity index (χ4n) is 8.24. The summed E-state index contributed by atoms with van der Waals surface area (Å²) in [6, 6.07) is 10.4. The summed E-state index contributed by atoms with van der Waals surface area (Å²) in [7, 11) is 1.72. The first kappa shape index (κ1) is 36.2. The van der Waals surface area contributed by atoms with Gasteiger partial charge < -0.3 is 20.5 Å². The number of amides is 3. The first-order valence-electron chi connectivity index (χ1n) is 18.2. The van der Waals surface area contributed by atoms with Crippen LogP contribution in [0.3, 0.4) is 0 Å². The van der Waals surface area contributed by atoms with Crippen molar-refractivity contribution in [2.24, 2.45) is 0 Å². The summed E-state index contributed by atoms with van der Waals surface area (Å²) in [5, 5.41) is 29.3. The lowest BCUT2D eigenvalue weighted by atomic mass is 9.99. The molecule has 14 nitrogen and oxygen atoms in total. The standard InChI is InChI=1S/C39H39F2N9O5/c1-20-27-14-23(40)4-6-25(27)38(53)47(2)19-29-34(22-13-32(55-20)36(43)44-16-22)31(15-42)50(46-29)24-9-11-48(12-10-24)17-21-3-5-26-28(35(21)41)18-49(39(26)54)30-7-8-33(51)45-37(30)52/h3-6,13-14,16,20,24,30,38,53H,7-12,17-19H2,1-2H3,(H2,43,44)(H,45,51,52)/t20-,30?,38?/m1/s1. The molecule has 3 amide bonds.